The van der Waals surface area contributed by atoms with Crippen LogP contribution in [0.25, 0.3) is 0 Å². The Bertz CT molecular complexity index is 575. The van der Waals surface area contributed by atoms with Gasteiger partial charge in [-0.25, -0.2) is 13.4 Å². The van der Waals surface area contributed by atoms with Gasteiger partial charge < -0.3 is 9.88 Å². The predicted octanol–water partition coefficient (Wildman–Crippen LogP) is 0.498. The fraction of sp³-hybridized carbons (Fsp3) is 0.636. The summed E-state index contributed by atoms with van der Waals surface area (Å²) in [7, 11) is -3.20. The van der Waals surface area contributed by atoms with Crippen LogP contribution in [0, 0.1) is 0 Å². The summed E-state index contributed by atoms with van der Waals surface area (Å²) in [5, 5.41) is 2.81. The van der Waals surface area contributed by atoms with Crippen molar-refractivity contribution >= 4 is 15.7 Å². The average Bonchev–Trinajstić information content (AvgIpc) is 2.26. The van der Waals surface area contributed by atoms with Crippen LogP contribution in [0.4, 0.5) is 5.82 Å². The second-order valence-corrected chi connectivity index (χ2v) is 7.40. The summed E-state index contributed by atoms with van der Waals surface area (Å²) >= 11 is 0. The fourth-order valence-electron chi connectivity index (χ4n) is 1.25. The van der Waals surface area contributed by atoms with Gasteiger partial charge in [0.2, 0.25) is 0 Å². The highest BCUT2D eigenvalue weighted by Gasteiger charge is 2.30. The van der Waals surface area contributed by atoms with Crippen molar-refractivity contribution in [2.45, 2.75) is 32.1 Å². The van der Waals surface area contributed by atoms with E-state index in [0.29, 0.717) is 6.54 Å². The highest BCUT2D eigenvalue weighted by atomic mass is 32.2. The largest absolute Gasteiger partial charge is 0.364 e. The van der Waals surface area contributed by atoms with Gasteiger partial charge in [0.15, 0.2) is 15.7 Å². The van der Waals surface area contributed by atoms with Gasteiger partial charge in [0, 0.05) is 31.7 Å². The standard InChI is InChI=1S/C11H19N3O3S/c1-5-14-7-6-12-9(10(14)15)13-8-11(2,3)18(4,16)17/h6-7H,5,8H2,1-4H3,(H,12,13). The molecule has 0 aliphatic carbocycles. The minimum absolute atomic E-state index is 0.141. The smallest absolute Gasteiger partial charge is 0.293 e. The molecule has 102 valence electrons. The summed E-state index contributed by atoms with van der Waals surface area (Å²) in [5.74, 6) is 0.177. The fourth-order valence-corrected chi connectivity index (χ4v) is 1.58. The number of sulfone groups is 1. The van der Waals surface area contributed by atoms with Crippen molar-refractivity contribution in [1.29, 1.82) is 0 Å². The van der Waals surface area contributed by atoms with Crippen LogP contribution in [0.15, 0.2) is 17.2 Å². The third-order valence-corrected chi connectivity index (χ3v) is 5.09. The van der Waals surface area contributed by atoms with Crippen molar-refractivity contribution < 1.29 is 8.42 Å². The van der Waals surface area contributed by atoms with E-state index in [0.717, 1.165) is 0 Å². The lowest BCUT2D eigenvalue weighted by atomic mass is 10.2. The number of nitrogens with one attached hydrogen (secondary N) is 1. The number of hydrogen-bond acceptors (Lipinski definition) is 5. The molecule has 0 aliphatic rings. The SMILES string of the molecule is CCn1ccnc(NCC(C)(C)S(C)(=O)=O)c1=O. The Balaban J connectivity index is 2.92. The van der Waals surface area contributed by atoms with E-state index in [-0.39, 0.29) is 17.9 Å². The second-order valence-electron chi connectivity index (χ2n) is 4.75. The molecule has 1 rings (SSSR count). The maximum atomic E-state index is 11.9. The summed E-state index contributed by atoms with van der Waals surface area (Å²) in [6.45, 7) is 5.76. The zero-order chi connectivity index (χ0) is 14.0. The summed E-state index contributed by atoms with van der Waals surface area (Å²) < 4.78 is 23.6. The van der Waals surface area contributed by atoms with Gasteiger partial charge in [0.1, 0.15) is 0 Å². The zero-order valence-electron chi connectivity index (χ0n) is 11.1. The molecule has 1 heterocycles. The Morgan fingerprint density at radius 1 is 1.44 bits per heavy atom. The van der Waals surface area contributed by atoms with Crippen LogP contribution < -0.4 is 10.9 Å². The first-order valence-corrected chi connectivity index (χ1v) is 7.57. The molecule has 7 heteroatoms. The zero-order valence-corrected chi connectivity index (χ0v) is 11.9. The molecule has 0 unspecified atom stereocenters. The molecule has 6 nitrogen and oxygen atoms in total. The number of aromatic nitrogens is 2. The topological polar surface area (TPSA) is 81.1 Å². The first kappa shape index (κ1) is 14.7. The van der Waals surface area contributed by atoms with Crippen LogP contribution in [-0.2, 0) is 16.4 Å². The molecule has 1 N–H and O–H groups in total. The molecular weight excluding hydrogens is 254 g/mol. The molecule has 0 saturated carbocycles. The maximum Gasteiger partial charge on any atom is 0.293 e. The molecule has 0 aromatic carbocycles. The molecule has 1 aromatic heterocycles. The Morgan fingerprint density at radius 2 is 2.06 bits per heavy atom. The Kier molecular flexibility index (Phi) is 4.16. The lowest BCUT2D eigenvalue weighted by Gasteiger charge is -2.22. The Labute approximate surface area is 107 Å². The molecule has 0 atom stereocenters. The van der Waals surface area contributed by atoms with E-state index in [4.69, 9.17) is 0 Å². The molecule has 18 heavy (non-hydrogen) atoms. The normalized spacial score (nSPS) is 12.4. The summed E-state index contributed by atoms with van der Waals surface area (Å²) in [6, 6.07) is 0. The van der Waals surface area contributed by atoms with Crippen LogP contribution in [0.1, 0.15) is 20.8 Å². The minimum Gasteiger partial charge on any atom is -0.364 e. The average molecular weight is 273 g/mol. The van der Waals surface area contributed by atoms with Crippen molar-refractivity contribution in [3.8, 4) is 0 Å². The summed E-state index contributed by atoms with van der Waals surface area (Å²) in [4.78, 5) is 15.8. The predicted molar refractivity (Wildman–Crippen MR) is 71.6 cm³/mol. The highest BCUT2D eigenvalue weighted by molar-refractivity contribution is 7.92. The van der Waals surface area contributed by atoms with Crippen LogP contribution >= 0.6 is 0 Å². The molecule has 0 aliphatic heterocycles. The van der Waals surface area contributed by atoms with Gasteiger partial charge in [-0.1, -0.05) is 0 Å². The molecule has 0 fully saturated rings. The second kappa shape index (κ2) is 5.09. The van der Waals surface area contributed by atoms with E-state index < -0.39 is 14.6 Å². The van der Waals surface area contributed by atoms with E-state index in [2.05, 4.69) is 10.3 Å². The van der Waals surface area contributed by atoms with Crippen molar-refractivity contribution in [3.05, 3.63) is 22.7 Å². The summed E-state index contributed by atoms with van der Waals surface area (Å²) in [5.41, 5.74) is -0.246. The number of nitrogens with zero attached hydrogens (tertiary/aromatic N) is 2. The van der Waals surface area contributed by atoms with Crippen molar-refractivity contribution in [3.63, 3.8) is 0 Å². The number of anilines is 1. The molecule has 0 bridgehead atoms. The van der Waals surface area contributed by atoms with E-state index in [1.54, 1.807) is 20.0 Å². The van der Waals surface area contributed by atoms with Crippen LogP contribution in [0.5, 0.6) is 0 Å². The van der Waals surface area contributed by atoms with Gasteiger partial charge in [-0.05, 0) is 20.8 Å². The first-order chi connectivity index (χ1) is 8.19. The molecule has 0 spiro atoms. The highest BCUT2D eigenvalue weighted by Crippen LogP contribution is 2.14. The van der Waals surface area contributed by atoms with Crippen molar-refractivity contribution in [2.24, 2.45) is 0 Å². The van der Waals surface area contributed by atoms with Crippen LogP contribution in [0.3, 0.4) is 0 Å². The molecular formula is C11H19N3O3S. The quantitative estimate of drug-likeness (QED) is 0.845. The van der Waals surface area contributed by atoms with Gasteiger partial charge in [0.05, 0.1) is 4.75 Å². The molecule has 0 saturated heterocycles. The van der Waals surface area contributed by atoms with Crippen molar-refractivity contribution in [1.82, 2.24) is 9.55 Å². The van der Waals surface area contributed by atoms with E-state index >= 15 is 0 Å². The van der Waals surface area contributed by atoms with Crippen LogP contribution in [0.2, 0.25) is 0 Å². The van der Waals surface area contributed by atoms with E-state index in [1.807, 2.05) is 6.92 Å². The third kappa shape index (κ3) is 3.10. The number of hydrogen-bond donors (Lipinski definition) is 1. The van der Waals surface area contributed by atoms with Gasteiger partial charge in [0.25, 0.3) is 5.56 Å². The van der Waals surface area contributed by atoms with Crippen LogP contribution in [-0.4, -0.2) is 35.5 Å². The van der Waals surface area contributed by atoms with Gasteiger partial charge in [-0.3, -0.25) is 4.79 Å². The van der Waals surface area contributed by atoms with Gasteiger partial charge in [-0.15, -0.1) is 0 Å². The third-order valence-electron chi connectivity index (χ3n) is 2.94. The van der Waals surface area contributed by atoms with E-state index in [9.17, 15) is 13.2 Å². The Hall–Kier alpha value is -1.37. The lowest BCUT2D eigenvalue weighted by molar-refractivity contribution is 0.559. The van der Waals surface area contributed by atoms with E-state index in [1.165, 1.54) is 17.0 Å². The number of aryl methyl sites for hydroxylation is 1. The van der Waals surface area contributed by atoms with Gasteiger partial charge in [-0.2, -0.15) is 0 Å². The number of rotatable bonds is 5. The summed E-state index contributed by atoms with van der Waals surface area (Å²) in [6.07, 6.45) is 4.29. The monoisotopic (exact) mass is 273 g/mol. The molecule has 1 aromatic rings. The first-order valence-electron chi connectivity index (χ1n) is 5.68. The minimum atomic E-state index is -3.20. The van der Waals surface area contributed by atoms with Gasteiger partial charge >= 0.3 is 0 Å². The molecule has 0 amide bonds. The molecule has 0 radical (unpaired) electrons. The maximum absolute atomic E-state index is 11.9. The Morgan fingerprint density at radius 3 is 2.56 bits per heavy atom. The lowest BCUT2D eigenvalue weighted by Crippen LogP contribution is -2.39. The van der Waals surface area contributed by atoms with Crippen molar-refractivity contribution in [2.75, 3.05) is 18.1 Å².